The summed E-state index contributed by atoms with van der Waals surface area (Å²) in [6.07, 6.45) is 5.89. The number of halogens is 1. The highest BCUT2D eigenvalue weighted by Crippen LogP contribution is 2.22. The number of benzene rings is 1. The molecule has 0 saturated carbocycles. The van der Waals surface area contributed by atoms with Gasteiger partial charge in [0, 0.05) is 29.9 Å². The third-order valence-electron chi connectivity index (χ3n) is 3.52. The first-order valence-corrected chi connectivity index (χ1v) is 6.87. The molecule has 2 heterocycles. The lowest BCUT2D eigenvalue weighted by Gasteiger charge is -2.14. The van der Waals surface area contributed by atoms with Gasteiger partial charge in [-0.3, -0.25) is 4.98 Å². The van der Waals surface area contributed by atoms with E-state index in [1.807, 2.05) is 6.07 Å². The highest BCUT2D eigenvalue weighted by atomic mass is 19.1. The summed E-state index contributed by atoms with van der Waals surface area (Å²) in [7, 11) is 0. The Morgan fingerprint density at radius 3 is 3.10 bits per heavy atom. The van der Waals surface area contributed by atoms with Crippen LogP contribution >= 0.6 is 0 Å². The van der Waals surface area contributed by atoms with Crippen molar-refractivity contribution in [3.8, 4) is 0 Å². The first kappa shape index (κ1) is 13.1. The minimum atomic E-state index is -0.255. The lowest BCUT2D eigenvalue weighted by molar-refractivity contribution is 0.153. The number of nitrogens with zero attached hydrogens (tertiary/aromatic N) is 1. The molecule has 0 radical (unpaired) electrons. The fraction of sp³-hybridized carbons (Fsp3) is 0.312. The van der Waals surface area contributed by atoms with Gasteiger partial charge < -0.3 is 10.1 Å². The maximum atomic E-state index is 13.2. The van der Waals surface area contributed by atoms with Gasteiger partial charge in [-0.25, -0.2) is 4.39 Å². The molecule has 0 bridgehead atoms. The third-order valence-corrected chi connectivity index (χ3v) is 3.52. The van der Waals surface area contributed by atoms with Gasteiger partial charge in [-0.2, -0.15) is 0 Å². The molecule has 1 aromatic carbocycles. The number of aromatic nitrogens is 1. The van der Waals surface area contributed by atoms with Crippen LogP contribution in [0.15, 0.2) is 42.1 Å². The second kappa shape index (κ2) is 6.01. The van der Waals surface area contributed by atoms with E-state index >= 15 is 0 Å². The van der Waals surface area contributed by atoms with Crippen LogP contribution in [0.5, 0.6) is 0 Å². The molecular weight excluding hydrogens is 255 g/mol. The van der Waals surface area contributed by atoms with Crippen molar-refractivity contribution in [2.75, 3.05) is 25.1 Å². The van der Waals surface area contributed by atoms with Crippen LogP contribution in [0.1, 0.15) is 12.8 Å². The standard InChI is InChI=1S/C16H17FN2O/c17-13-1-2-14-15(4-8-19-16(14)11-13)18-7-3-12-5-9-20-10-6-12/h1-2,4-5,8,11H,3,6-7,9-10H2,(H,18,19). The van der Waals surface area contributed by atoms with Crippen molar-refractivity contribution in [1.82, 2.24) is 4.98 Å². The van der Waals surface area contributed by atoms with Crippen LogP contribution in [0.3, 0.4) is 0 Å². The van der Waals surface area contributed by atoms with Crippen molar-refractivity contribution < 1.29 is 9.13 Å². The van der Waals surface area contributed by atoms with Gasteiger partial charge >= 0.3 is 0 Å². The van der Waals surface area contributed by atoms with Gasteiger partial charge in [-0.15, -0.1) is 0 Å². The number of fused-ring (bicyclic) bond motifs is 1. The van der Waals surface area contributed by atoms with E-state index in [1.165, 1.54) is 17.7 Å². The molecule has 0 unspecified atom stereocenters. The molecule has 20 heavy (non-hydrogen) atoms. The van der Waals surface area contributed by atoms with E-state index in [0.29, 0.717) is 5.52 Å². The fourth-order valence-corrected chi connectivity index (χ4v) is 2.43. The maximum Gasteiger partial charge on any atom is 0.125 e. The minimum absolute atomic E-state index is 0.255. The molecule has 2 aromatic rings. The van der Waals surface area contributed by atoms with Crippen LogP contribution in [-0.4, -0.2) is 24.7 Å². The van der Waals surface area contributed by atoms with Gasteiger partial charge in [0.05, 0.1) is 18.7 Å². The molecule has 1 aliphatic rings. The lowest BCUT2D eigenvalue weighted by atomic mass is 10.1. The zero-order chi connectivity index (χ0) is 13.8. The SMILES string of the molecule is Fc1ccc2c(NCCC3=CCOCC3)ccnc2c1. The van der Waals surface area contributed by atoms with E-state index < -0.39 is 0 Å². The second-order valence-electron chi connectivity index (χ2n) is 4.88. The van der Waals surface area contributed by atoms with Crippen LogP contribution in [0.2, 0.25) is 0 Å². The van der Waals surface area contributed by atoms with Crippen molar-refractivity contribution in [3.63, 3.8) is 0 Å². The quantitative estimate of drug-likeness (QED) is 0.865. The van der Waals surface area contributed by atoms with Crippen molar-refractivity contribution in [2.24, 2.45) is 0 Å². The minimum Gasteiger partial charge on any atom is -0.384 e. The second-order valence-corrected chi connectivity index (χ2v) is 4.88. The summed E-state index contributed by atoms with van der Waals surface area (Å²) in [5, 5.41) is 4.36. The number of ether oxygens (including phenoxy) is 1. The third kappa shape index (κ3) is 2.96. The first-order valence-electron chi connectivity index (χ1n) is 6.87. The van der Waals surface area contributed by atoms with E-state index in [4.69, 9.17) is 4.74 Å². The fourth-order valence-electron chi connectivity index (χ4n) is 2.43. The molecule has 1 aliphatic heterocycles. The lowest BCUT2D eigenvalue weighted by Crippen LogP contribution is -2.09. The summed E-state index contributed by atoms with van der Waals surface area (Å²) in [5.41, 5.74) is 3.12. The topological polar surface area (TPSA) is 34.1 Å². The van der Waals surface area contributed by atoms with Gasteiger partial charge in [-0.1, -0.05) is 11.6 Å². The first-order chi connectivity index (χ1) is 9.83. The molecule has 3 rings (SSSR count). The van der Waals surface area contributed by atoms with E-state index in [9.17, 15) is 4.39 Å². The molecule has 0 amide bonds. The van der Waals surface area contributed by atoms with Crippen molar-refractivity contribution in [3.05, 3.63) is 47.9 Å². The average molecular weight is 272 g/mol. The van der Waals surface area contributed by atoms with Gasteiger partial charge in [0.1, 0.15) is 5.82 Å². The summed E-state index contributed by atoms with van der Waals surface area (Å²) in [5.74, 6) is -0.255. The number of rotatable bonds is 4. The molecule has 1 N–H and O–H groups in total. The normalized spacial score (nSPS) is 15.2. The van der Waals surface area contributed by atoms with Gasteiger partial charge in [-0.05, 0) is 31.0 Å². The van der Waals surface area contributed by atoms with Crippen LogP contribution in [0.25, 0.3) is 10.9 Å². The van der Waals surface area contributed by atoms with E-state index in [1.54, 1.807) is 12.3 Å². The van der Waals surface area contributed by atoms with Crippen LogP contribution < -0.4 is 5.32 Å². The summed E-state index contributed by atoms with van der Waals surface area (Å²) in [6.45, 7) is 2.42. The molecule has 104 valence electrons. The van der Waals surface area contributed by atoms with Crippen molar-refractivity contribution in [1.29, 1.82) is 0 Å². The van der Waals surface area contributed by atoms with E-state index in [2.05, 4.69) is 16.4 Å². The Morgan fingerprint density at radius 1 is 1.30 bits per heavy atom. The number of pyridine rings is 1. The van der Waals surface area contributed by atoms with E-state index in [-0.39, 0.29) is 5.82 Å². The Balaban J connectivity index is 1.69. The molecule has 3 nitrogen and oxygen atoms in total. The molecule has 1 aromatic heterocycles. The average Bonchev–Trinajstić information content (AvgIpc) is 2.48. The summed E-state index contributed by atoms with van der Waals surface area (Å²) in [6, 6.07) is 6.63. The van der Waals surface area contributed by atoms with Crippen molar-refractivity contribution in [2.45, 2.75) is 12.8 Å². The number of nitrogens with one attached hydrogen (secondary N) is 1. The molecule has 4 heteroatoms. The molecule has 0 saturated heterocycles. The highest BCUT2D eigenvalue weighted by molar-refractivity contribution is 5.90. The summed E-state index contributed by atoms with van der Waals surface area (Å²) < 4.78 is 18.5. The van der Waals surface area contributed by atoms with Gasteiger partial charge in [0.15, 0.2) is 0 Å². The summed E-state index contributed by atoms with van der Waals surface area (Å²) in [4.78, 5) is 4.19. The van der Waals surface area contributed by atoms with Crippen LogP contribution in [-0.2, 0) is 4.74 Å². The summed E-state index contributed by atoms with van der Waals surface area (Å²) >= 11 is 0. The Labute approximate surface area is 117 Å². The Kier molecular flexibility index (Phi) is 3.92. The van der Waals surface area contributed by atoms with Crippen LogP contribution in [0.4, 0.5) is 10.1 Å². The smallest absolute Gasteiger partial charge is 0.125 e. The molecule has 0 spiro atoms. The number of anilines is 1. The number of hydrogen-bond donors (Lipinski definition) is 1. The van der Waals surface area contributed by atoms with Gasteiger partial charge in [0.25, 0.3) is 0 Å². The maximum absolute atomic E-state index is 13.2. The van der Waals surface area contributed by atoms with Crippen LogP contribution in [0, 0.1) is 5.82 Å². The van der Waals surface area contributed by atoms with Gasteiger partial charge in [0.2, 0.25) is 0 Å². The Bertz CT molecular complexity index is 639. The number of hydrogen-bond acceptors (Lipinski definition) is 3. The largest absolute Gasteiger partial charge is 0.384 e. The molecule has 0 atom stereocenters. The zero-order valence-corrected chi connectivity index (χ0v) is 11.2. The van der Waals surface area contributed by atoms with E-state index in [0.717, 1.165) is 43.7 Å². The Morgan fingerprint density at radius 2 is 2.25 bits per heavy atom. The highest BCUT2D eigenvalue weighted by Gasteiger charge is 2.05. The molecular formula is C16H17FN2O. The predicted molar refractivity (Wildman–Crippen MR) is 78.3 cm³/mol. The monoisotopic (exact) mass is 272 g/mol. The molecule has 0 fully saturated rings. The Hall–Kier alpha value is -1.94. The molecule has 0 aliphatic carbocycles. The predicted octanol–water partition coefficient (Wildman–Crippen LogP) is 3.52. The zero-order valence-electron chi connectivity index (χ0n) is 11.2. The van der Waals surface area contributed by atoms with Crippen molar-refractivity contribution >= 4 is 16.6 Å².